The van der Waals surface area contributed by atoms with Crippen molar-refractivity contribution >= 4 is 5.69 Å². The highest BCUT2D eigenvalue weighted by atomic mass is 19.1. The molecular weight excluding hydrogens is 267 g/mol. The molecule has 2 aromatic rings. The Bertz CT molecular complexity index is 685. The van der Waals surface area contributed by atoms with E-state index in [0.717, 1.165) is 11.4 Å². The smallest absolute Gasteiger partial charge is 0.205 e. The molecule has 0 aliphatic carbocycles. The summed E-state index contributed by atoms with van der Waals surface area (Å²) in [6, 6.07) is 13.0. The van der Waals surface area contributed by atoms with Crippen molar-refractivity contribution in [1.82, 2.24) is 4.98 Å². The number of alkyl halides is 1. The average Bonchev–Trinajstić information content (AvgIpc) is 2.51. The van der Waals surface area contributed by atoms with Crippen LogP contribution >= 0.6 is 0 Å². The molecule has 106 valence electrons. The van der Waals surface area contributed by atoms with Crippen molar-refractivity contribution in [2.75, 3.05) is 25.1 Å². The maximum absolute atomic E-state index is 14.4. The summed E-state index contributed by atoms with van der Waals surface area (Å²) in [5.41, 5.74) is 0.0669. The highest BCUT2D eigenvalue weighted by Crippen LogP contribution is 2.32. The Morgan fingerprint density at radius 1 is 1.24 bits per heavy atom. The van der Waals surface area contributed by atoms with Crippen molar-refractivity contribution in [3.8, 4) is 17.6 Å². The molecule has 4 heteroatoms. The lowest BCUT2D eigenvalue weighted by Gasteiger charge is -2.42. The van der Waals surface area contributed by atoms with Gasteiger partial charge in [0.15, 0.2) is 0 Å². The molecule has 1 aromatic heterocycles. The predicted molar refractivity (Wildman–Crippen MR) is 80.2 cm³/mol. The van der Waals surface area contributed by atoms with E-state index >= 15 is 0 Å². The quantitative estimate of drug-likeness (QED) is 0.792. The molecule has 1 fully saturated rings. The second-order valence-electron chi connectivity index (χ2n) is 4.99. The molecule has 1 aromatic carbocycles. The highest BCUT2D eigenvalue weighted by molar-refractivity contribution is 5.55. The number of ether oxygens (including phenoxy) is 1. The number of pyridine rings is 1. The number of anilines is 1. The van der Waals surface area contributed by atoms with Crippen LogP contribution in [0.2, 0.25) is 0 Å². The minimum Gasteiger partial charge on any atom is -0.497 e. The third kappa shape index (κ3) is 2.97. The van der Waals surface area contributed by atoms with Crippen molar-refractivity contribution in [2.45, 2.75) is 5.67 Å². The van der Waals surface area contributed by atoms with Crippen LogP contribution in [0, 0.1) is 11.8 Å². The maximum Gasteiger partial charge on any atom is 0.205 e. The van der Waals surface area contributed by atoms with Crippen LogP contribution in [-0.4, -0.2) is 30.9 Å². The van der Waals surface area contributed by atoms with E-state index in [1.807, 2.05) is 41.3 Å². The molecule has 0 atom stereocenters. The number of rotatable bonds is 2. The van der Waals surface area contributed by atoms with E-state index in [2.05, 4.69) is 16.8 Å². The Morgan fingerprint density at radius 2 is 2.10 bits per heavy atom. The summed E-state index contributed by atoms with van der Waals surface area (Å²) >= 11 is 0. The zero-order valence-electron chi connectivity index (χ0n) is 11.7. The second-order valence-corrected chi connectivity index (χ2v) is 4.99. The number of nitrogens with zero attached hydrogens (tertiary/aromatic N) is 2. The van der Waals surface area contributed by atoms with Crippen LogP contribution in [0.15, 0.2) is 48.7 Å². The van der Waals surface area contributed by atoms with E-state index in [1.165, 1.54) is 0 Å². The van der Waals surface area contributed by atoms with Crippen LogP contribution in [0.4, 0.5) is 10.1 Å². The third-order valence-electron chi connectivity index (χ3n) is 3.38. The first-order chi connectivity index (χ1) is 10.2. The van der Waals surface area contributed by atoms with Gasteiger partial charge >= 0.3 is 0 Å². The van der Waals surface area contributed by atoms with Crippen molar-refractivity contribution in [2.24, 2.45) is 0 Å². The summed E-state index contributed by atoms with van der Waals surface area (Å²) in [5, 5.41) is 0. The number of methoxy groups -OCH3 is 1. The zero-order chi connectivity index (χ0) is 14.7. The van der Waals surface area contributed by atoms with E-state index in [-0.39, 0.29) is 13.1 Å². The molecule has 0 spiro atoms. The van der Waals surface area contributed by atoms with Gasteiger partial charge in [0.05, 0.1) is 20.2 Å². The van der Waals surface area contributed by atoms with Gasteiger partial charge in [-0.3, -0.25) is 0 Å². The van der Waals surface area contributed by atoms with Gasteiger partial charge in [-0.25, -0.2) is 9.37 Å². The molecule has 0 amide bonds. The minimum absolute atomic E-state index is 0.264. The molecule has 21 heavy (non-hydrogen) atoms. The van der Waals surface area contributed by atoms with Gasteiger partial charge < -0.3 is 9.64 Å². The Balaban J connectivity index is 1.68. The maximum atomic E-state index is 14.4. The Kier molecular flexibility index (Phi) is 3.49. The summed E-state index contributed by atoms with van der Waals surface area (Å²) in [4.78, 5) is 6.01. The van der Waals surface area contributed by atoms with Gasteiger partial charge in [0, 0.05) is 18.0 Å². The SMILES string of the molecule is COc1cccc(N2CC(F)(C#Cc3ccccn3)C2)c1. The van der Waals surface area contributed by atoms with Crippen LogP contribution in [0.25, 0.3) is 0 Å². The number of halogens is 1. The predicted octanol–water partition coefficient (Wildman–Crippen LogP) is 2.67. The van der Waals surface area contributed by atoms with Gasteiger partial charge in [-0.1, -0.05) is 18.1 Å². The van der Waals surface area contributed by atoms with Crippen molar-refractivity contribution in [3.63, 3.8) is 0 Å². The largest absolute Gasteiger partial charge is 0.497 e. The summed E-state index contributed by atoms with van der Waals surface area (Å²) in [5.74, 6) is 6.25. The van der Waals surface area contributed by atoms with E-state index < -0.39 is 5.67 Å². The van der Waals surface area contributed by atoms with Gasteiger partial charge in [-0.15, -0.1) is 0 Å². The molecule has 0 N–H and O–H groups in total. The fraction of sp³-hybridized carbons (Fsp3) is 0.235. The lowest BCUT2D eigenvalue weighted by molar-refractivity contribution is 0.192. The summed E-state index contributed by atoms with van der Waals surface area (Å²) in [6.07, 6.45) is 1.65. The number of hydrogen-bond donors (Lipinski definition) is 0. The molecule has 2 heterocycles. The molecule has 3 nitrogen and oxygen atoms in total. The zero-order valence-corrected chi connectivity index (χ0v) is 11.7. The molecule has 0 bridgehead atoms. The summed E-state index contributed by atoms with van der Waals surface area (Å²) < 4.78 is 19.6. The van der Waals surface area contributed by atoms with E-state index in [0.29, 0.717) is 5.69 Å². The first kappa shape index (κ1) is 13.4. The van der Waals surface area contributed by atoms with Crippen LogP contribution in [0.3, 0.4) is 0 Å². The second kappa shape index (κ2) is 5.45. The molecule has 0 radical (unpaired) electrons. The Morgan fingerprint density at radius 3 is 2.81 bits per heavy atom. The number of benzene rings is 1. The van der Waals surface area contributed by atoms with Crippen LogP contribution in [-0.2, 0) is 0 Å². The first-order valence-electron chi connectivity index (χ1n) is 6.71. The Hall–Kier alpha value is -2.54. The average molecular weight is 282 g/mol. The monoisotopic (exact) mass is 282 g/mol. The lowest BCUT2D eigenvalue weighted by atomic mass is 9.96. The van der Waals surface area contributed by atoms with Gasteiger partial charge in [-0.05, 0) is 30.2 Å². The molecule has 1 saturated heterocycles. The molecule has 0 saturated carbocycles. The van der Waals surface area contributed by atoms with Gasteiger partial charge in [0.1, 0.15) is 11.4 Å². The molecule has 1 aliphatic rings. The standard InChI is InChI=1S/C17H15FN2O/c1-21-16-7-4-6-15(11-16)20-12-17(18,13-20)9-8-14-5-2-3-10-19-14/h2-7,10-11H,12-13H2,1H3. The normalized spacial score (nSPS) is 15.6. The van der Waals surface area contributed by atoms with Gasteiger partial charge in [0.2, 0.25) is 5.67 Å². The van der Waals surface area contributed by atoms with Crippen molar-refractivity contribution in [1.29, 1.82) is 0 Å². The van der Waals surface area contributed by atoms with Crippen LogP contribution < -0.4 is 9.64 Å². The number of aromatic nitrogens is 1. The Labute approximate surface area is 123 Å². The summed E-state index contributed by atoms with van der Waals surface area (Å²) in [7, 11) is 1.62. The fourth-order valence-electron chi connectivity index (χ4n) is 2.24. The van der Waals surface area contributed by atoms with Crippen molar-refractivity contribution in [3.05, 3.63) is 54.4 Å². The van der Waals surface area contributed by atoms with E-state index in [1.54, 1.807) is 19.4 Å². The number of hydrogen-bond acceptors (Lipinski definition) is 3. The fourth-order valence-corrected chi connectivity index (χ4v) is 2.24. The van der Waals surface area contributed by atoms with E-state index in [4.69, 9.17) is 4.74 Å². The van der Waals surface area contributed by atoms with E-state index in [9.17, 15) is 4.39 Å². The van der Waals surface area contributed by atoms with Gasteiger partial charge in [0.25, 0.3) is 0 Å². The molecule has 1 aliphatic heterocycles. The molecule has 0 unspecified atom stereocenters. The topological polar surface area (TPSA) is 25.4 Å². The lowest BCUT2D eigenvalue weighted by Crippen LogP contribution is -2.58. The summed E-state index contributed by atoms with van der Waals surface area (Å²) in [6.45, 7) is 0.528. The minimum atomic E-state index is -1.47. The van der Waals surface area contributed by atoms with Crippen LogP contribution in [0.1, 0.15) is 5.69 Å². The third-order valence-corrected chi connectivity index (χ3v) is 3.38. The molecule has 3 rings (SSSR count). The van der Waals surface area contributed by atoms with Crippen LogP contribution in [0.5, 0.6) is 5.75 Å². The highest BCUT2D eigenvalue weighted by Gasteiger charge is 2.42. The first-order valence-corrected chi connectivity index (χ1v) is 6.71. The molecular formula is C17H15FN2O. The van der Waals surface area contributed by atoms with Gasteiger partial charge in [-0.2, -0.15) is 0 Å². The van der Waals surface area contributed by atoms with Crippen molar-refractivity contribution < 1.29 is 9.13 Å².